The molecule has 1 N–H and O–H groups in total. The molecule has 1 aliphatic heterocycles. The molecule has 2 nitrogen and oxygen atoms in total. The van der Waals surface area contributed by atoms with Gasteiger partial charge in [-0.05, 0) is 29.3 Å². The molecular formula is C25H17NO. The molecule has 0 atom stereocenters. The first-order valence-electron chi connectivity index (χ1n) is 9.26. The van der Waals surface area contributed by atoms with Gasteiger partial charge in [-0.2, -0.15) is 0 Å². The van der Waals surface area contributed by atoms with Gasteiger partial charge in [0.15, 0.2) is 0 Å². The van der Waals surface area contributed by atoms with Crippen molar-refractivity contribution < 1.29 is 4.42 Å². The maximum Gasteiger partial charge on any atom is 0.143 e. The first-order valence-corrected chi connectivity index (χ1v) is 9.26. The van der Waals surface area contributed by atoms with E-state index in [-0.39, 0.29) is 0 Å². The van der Waals surface area contributed by atoms with Crippen molar-refractivity contribution in [3.63, 3.8) is 0 Å². The molecule has 0 saturated heterocycles. The Labute approximate surface area is 157 Å². The highest BCUT2D eigenvalue weighted by molar-refractivity contribution is 6.11. The number of furan rings is 1. The molecule has 0 spiro atoms. The molecule has 0 aliphatic carbocycles. The Bertz CT molecular complexity index is 1310. The topological polar surface area (TPSA) is 25.2 Å². The molecule has 4 aromatic carbocycles. The molecule has 0 fully saturated rings. The molecule has 2 heterocycles. The van der Waals surface area contributed by atoms with E-state index in [0.717, 1.165) is 28.8 Å². The first kappa shape index (κ1) is 14.6. The van der Waals surface area contributed by atoms with E-state index in [1.807, 2.05) is 6.07 Å². The highest BCUT2D eigenvalue weighted by atomic mass is 16.3. The Morgan fingerprint density at radius 3 is 2.37 bits per heavy atom. The smallest absolute Gasteiger partial charge is 0.143 e. The maximum absolute atomic E-state index is 6.51. The summed E-state index contributed by atoms with van der Waals surface area (Å²) in [5.41, 5.74) is 9.15. The van der Waals surface area contributed by atoms with Crippen LogP contribution in [0.1, 0.15) is 11.1 Å². The van der Waals surface area contributed by atoms with Crippen LogP contribution in [0, 0.1) is 0 Å². The lowest BCUT2D eigenvalue weighted by Crippen LogP contribution is -2.06. The van der Waals surface area contributed by atoms with Crippen molar-refractivity contribution in [1.82, 2.24) is 0 Å². The minimum Gasteiger partial charge on any atom is -0.455 e. The normalized spacial score (nSPS) is 12.6. The van der Waals surface area contributed by atoms with Gasteiger partial charge < -0.3 is 9.73 Å². The number of benzene rings is 4. The quantitative estimate of drug-likeness (QED) is 0.350. The van der Waals surface area contributed by atoms with E-state index in [2.05, 4.69) is 84.2 Å². The fraction of sp³-hybridized carbons (Fsp3) is 0.0400. The Balaban J connectivity index is 1.63. The molecule has 0 radical (unpaired) electrons. The summed E-state index contributed by atoms with van der Waals surface area (Å²) >= 11 is 0. The van der Waals surface area contributed by atoms with E-state index < -0.39 is 0 Å². The zero-order valence-electron chi connectivity index (χ0n) is 14.7. The number of hydrogen-bond acceptors (Lipinski definition) is 2. The second-order valence-corrected chi connectivity index (χ2v) is 7.08. The summed E-state index contributed by atoms with van der Waals surface area (Å²) in [7, 11) is 0. The summed E-state index contributed by atoms with van der Waals surface area (Å²) in [5.74, 6) is 0. The van der Waals surface area contributed by atoms with Crippen LogP contribution in [0.2, 0.25) is 0 Å². The van der Waals surface area contributed by atoms with Crippen LogP contribution in [-0.4, -0.2) is 0 Å². The Morgan fingerprint density at radius 1 is 0.630 bits per heavy atom. The van der Waals surface area contributed by atoms with Crippen molar-refractivity contribution in [2.45, 2.75) is 6.42 Å². The highest BCUT2D eigenvalue weighted by Gasteiger charge is 2.21. The summed E-state index contributed by atoms with van der Waals surface area (Å²) in [6, 6.07) is 29.7. The van der Waals surface area contributed by atoms with Crippen LogP contribution >= 0.6 is 0 Å². The monoisotopic (exact) mass is 347 g/mol. The number of para-hydroxylation sites is 2. The fourth-order valence-corrected chi connectivity index (χ4v) is 4.19. The lowest BCUT2D eigenvalue weighted by atomic mass is 9.95. The van der Waals surface area contributed by atoms with Crippen molar-refractivity contribution in [2.75, 3.05) is 5.32 Å². The van der Waals surface area contributed by atoms with Crippen LogP contribution in [0.15, 0.2) is 89.3 Å². The van der Waals surface area contributed by atoms with Gasteiger partial charge in [-0.25, -0.2) is 0 Å². The first-order chi connectivity index (χ1) is 13.4. The molecule has 5 aromatic rings. The number of rotatable bonds is 1. The third kappa shape index (κ3) is 2.13. The van der Waals surface area contributed by atoms with Gasteiger partial charge in [0.1, 0.15) is 11.2 Å². The van der Waals surface area contributed by atoms with Crippen molar-refractivity contribution in [3.8, 4) is 11.1 Å². The highest BCUT2D eigenvalue weighted by Crippen LogP contribution is 2.42. The molecule has 27 heavy (non-hydrogen) atoms. The van der Waals surface area contributed by atoms with Gasteiger partial charge in [0.05, 0.1) is 0 Å². The van der Waals surface area contributed by atoms with E-state index in [0.29, 0.717) is 0 Å². The molecular weight excluding hydrogens is 330 g/mol. The third-order valence-electron chi connectivity index (χ3n) is 5.51. The fourth-order valence-electron chi connectivity index (χ4n) is 4.19. The lowest BCUT2D eigenvalue weighted by molar-refractivity contribution is 0.665. The van der Waals surface area contributed by atoms with E-state index in [1.165, 1.54) is 33.2 Å². The molecule has 0 bridgehead atoms. The van der Waals surface area contributed by atoms with E-state index in [9.17, 15) is 0 Å². The van der Waals surface area contributed by atoms with Gasteiger partial charge in [-0.1, -0.05) is 66.7 Å². The summed E-state index contributed by atoms with van der Waals surface area (Å²) in [6.07, 6.45) is 0.885. The van der Waals surface area contributed by atoms with E-state index >= 15 is 0 Å². The molecule has 6 rings (SSSR count). The summed E-state index contributed by atoms with van der Waals surface area (Å²) in [5, 5.41) is 5.92. The van der Waals surface area contributed by atoms with Crippen LogP contribution in [0.4, 0.5) is 11.4 Å². The zero-order chi connectivity index (χ0) is 17.8. The summed E-state index contributed by atoms with van der Waals surface area (Å²) in [4.78, 5) is 0. The summed E-state index contributed by atoms with van der Waals surface area (Å²) < 4.78 is 6.51. The average molecular weight is 347 g/mol. The Morgan fingerprint density at radius 2 is 1.44 bits per heavy atom. The van der Waals surface area contributed by atoms with E-state index in [1.54, 1.807) is 0 Å². The van der Waals surface area contributed by atoms with Crippen LogP contribution in [0.3, 0.4) is 0 Å². The predicted molar refractivity (Wildman–Crippen MR) is 112 cm³/mol. The Kier molecular flexibility index (Phi) is 2.97. The van der Waals surface area contributed by atoms with E-state index in [4.69, 9.17) is 4.42 Å². The van der Waals surface area contributed by atoms with Crippen LogP contribution in [0.5, 0.6) is 0 Å². The van der Waals surface area contributed by atoms with Crippen molar-refractivity contribution >= 4 is 33.3 Å². The molecule has 1 aromatic heterocycles. The van der Waals surface area contributed by atoms with Crippen molar-refractivity contribution in [3.05, 3.63) is 96.1 Å². The molecule has 1 aliphatic rings. The molecule has 0 amide bonds. The molecule has 128 valence electrons. The number of hydrogen-bond donors (Lipinski definition) is 1. The SMILES string of the molecule is c1ccc(-c2cccc3c2oc2c4c(ccc23)Nc2ccccc2C4)cc1. The van der Waals surface area contributed by atoms with Crippen LogP contribution in [0.25, 0.3) is 33.1 Å². The van der Waals surface area contributed by atoms with Gasteiger partial charge in [-0.15, -0.1) is 0 Å². The van der Waals surface area contributed by atoms with Gasteiger partial charge in [0.25, 0.3) is 0 Å². The van der Waals surface area contributed by atoms with Gasteiger partial charge >= 0.3 is 0 Å². The second kappa shape index (κ2) is 5.49. The minimum absolute atomic E-state index is 0.885. The van der Waals surface area contributed by atoms with Crippen LogP contribution in [-0.2, 0) is 6.42 Å². The summed E-state index contributed by atoms with van der Waals surface area (Å²) in [6.45, 7) is 0. The number of nitrogens with one attached hydrogen (secondary N) is 1. The maximum atomic E-state index is 6.51. The number of fused-ring (bicyclic) bond motifs is 6. The molecule has 2 heteroatoms. The molecule has 0 unspecified atom stereocenters. The van der Waals surface area contributed by atoms with Gasteiger partial charge in [0.2, 0.25) is 0 Å². The van der Waals surface area contributed by atoms with Crippen LogP contribution < -0.4 is 5.32 Å². The van der Waals surface area contributed by atoms with Crippen molar-refractivity contribution in [1.29, 1.82) is 0 Å². The van der Waals surface area contributed by atoms with Gasteiger partial charge in [0, 0.05) is 39.7 Å². The standard InChI is InChI=1S/C25H17NO/c1-2-7-16(8-3-1)18-10-6-11-19-20-13-14-23-21(25(20)27-24(18)19)15-17-9-4-5-12-22(17)26-23/h1-14,26H,15H2. The zero-order valence-corrected chi connectivity index (χ0v) is 14.7. The number of anilines is 2. The van der Waals surface area contributed by atoms with Gasteiger partial charge in [-0.3, -0.25) is 0 Å². The lowest BCUT2D eigenvalue weighted by Gasteiger charge is -2.21. The largest absolute Gasteiger partial charge is 0.455 e. The third-order valence-corrected chi connectivity index (χ3v) is 5.51. The predicted octanol–water partition coefficient (Wildman–Crippen LogP) is 6.90. The Hall–Kier alpha value is -3.52. The average Bonchev–Trinajstić information content (AvgIpc) is 3.12. The molecule has 0 saturated carbocycles. The minimum atomic E-state index is 0.885. The second-order valence-electron chi connectivity index (χ2n) is 7.08. The van der Waals surface area contributed by atoms with Crippen molar-refractivity contribution in [2.24, 2.45) is 0 Å².